The lowest BCUT2D eigenvalue weighted by molar-refractivity contribution is -0.145. The standard InChI is InChI=1S/C21H24FNO3/c1-23(16-8-10-17(25-2)11-9-16)19-13-12-18(21(24)26-3)20(19)14-4-6-15(22)7-5-14/h4-11,18-20H,12-13H2,1-3H3/t18-,19+,20+/m1/s1. The molecule has 3 atom stereocenters. The molecular weight excluding hydrogens is 333 g/mol. The first kappa shape index (κ1) is 18.2. The fourth-order valence-corrected chi connectivity index (χ4v) is 3.98. The summed E-state index contributed by atoms with van der Waals surface area (Å²) in [6, 6.07) is 14.4. The molecule has 0 radical (unpaired) electrons. The number of ether oxygens (including phenoxy) is 2. The zero-order valence-corrected chi connectivity index (χ0v) is 15.3. The summed E-state index contributed by atoms with van der Waals surface area (Å²) in [5.41, 5.74) is 2.01. The minimum absolute atomic E-state index is 0.0462. The topological polar surface area (TPSA) is 38.8 Å². The Balaban J connectivity index is 1.92. The molecule has 5 heteroatoms. The number of benzene rings is 2. The highest BCUT2D eigenvalue weighted by atomic mass is 19.1. The Labute approximate surface area is 153 Å². The second-order valence-electron chi connectivity index (χ2n) is 6.66. The lowest BCUT2D eigenvalue weighted by atomic mass is 9.86. The van der Waals surface area contributed by atoms with Crippen molar-refractivity contribution in [3.63, 3.8) is 0 Å². The summed E-state index contributed by atoms with van der Waals surface area (Å²) in [5, 5.41) is 0. The maximum absolute atomic E-state index is 13.4. The molecule has 2 aromatic rings. The molecule has 4 nitrogen and oxygen atoms in total. The third kappa shape index (κ3) is 3.52. The summed E-state index contributed by atoms with van der Waals surface area (Å²) in [7, 11) is 5.09. The minimum Gasteiger partial charge on any atom is -0.497 e. The maximum Gasteiger partial charge on any atom is 0.309 e. The van der Waals surface area contributed by atoms with Crippen LogP contribution in [0.1, 0.15) is 24.3 Å². The first-order valence-corrected chi connectivity index (χ1v) is 8.75. The molecule has 0 N–H and O–H groups in total. The smallest absolute Gasteiger partial charge is 0.309 e. The van der Waals surface area contributed by atoms with Gasteiger partial charge >= 0.3 is 5.97 Å². The van der Waals surface area contributed by atoms with Crippen molar-refractivity contribution in [3.05, 3.63) is 59.9 Å². The van der Waals surface area contributed by atoms with Crippen LogP contribution in [0.4, 0.5) is 10.1 Å². The molecule has 2 aromatic carbocycles. The van der Waals surface area contributed by atoms with E-state index >= 15 is 0 Å². The molecule has 1 aliphatic rings. The van der Waals surface area contributed by atoms with Crippen LogP contribution in [0.3, 0.4) is 0 Å². The number of rotatable bonds is 5. The Bertz CT molecular complexity index is 745. The van der Waals surface area contributed by atoms with Gasteiger partial charge in [0.25, 0.3) is 0 Å². The van der Waals surface area contributed by atoms with E-state index in [1.54, 1.807) is 19.2 Å². The van der Waals surface area contributed by atoms with E-state index in [1.807, 2.05) is 31.3 Å². The molecule has 1 saturated carbocycles. The number of halogens is 1. The normalized spacial score (nSPS) is 22.1. The molecule has 0 amide bonds. The quantitative estimate of drug-likeness (QED) is 0.758. The predicted octanol–water partition coefficient (Wildman–Crippen LogP) is 4.01. The number of anilines is 1. The van der Waals surface area contributed by atoms with E-state index in [2.05, 4.69) is 4.90 Å². The summed E-state index contributed by atoms with van der Waals surface area (Å²) >= 11 is 0. The maximum atomic E-state index is 13.4. The highest BCUT2D eigenvalue weighted by Crippen LogP contribution is 2.44. The number of carbonyl (C=O) groups is 1. The van der Waals surface area contributed by atoms with Crippen LogP contribution in [0.25, 0.3) is 0 Å². The number of likely N-dealkylation sites (N-methyl/N-ethyl adjacent to an activating group) is 1. The Morgan fingerprint density at radius 2 is 1.69 bits per heavy atom. The second kappa shape index (κ2) is 7.77. The molecule has 1 fully saturated rings. The molecule has 0 heterocycles. The first-order chi connectivity index (χ1) is 12.5. The Morgan fingerprint density at radius 1 is 1.04 bits per heavy atom. The van der Waals surface area contributed by atoms with E-state index in [1.165, 1.54) is 19.2 Å². The fourth-order valence-electron chi connectivity index (χ4n) is 3.98. The summed E-state index contributed by atoms with van der Waals surface area (Å²) in [5.74, 6) is 0.0498. The molecule has 0 saturated heterocycles. The Kier molecular flexibility index (Phi) is 5.45. The average Bonchev–Trinajstić information content (AvgIpc) is 3.12. The van der Waals surface area contributed by atoms with Crippen LogP contribution in [-0.2, 0) is 9.53 Å². The van der Waals surface area contributed by atoms with Crippen molar-refractivity contribution in [2.75, 3.05) is 26.2 Å². The van der Waals surface area contributed by atoms with Crippen LogP contribution in [0, 0.1) is 11.7 Å². The monoisotopic (exact) mass is 357 g/mol. The summed E-state index contributed by atoms with van der Waals surface area (Å²) in [6.07, 6.45) is 1.62. The van der Waals surface area contributed by atoms with Crippen molar-refractivity contribution in [2.45, 2.75) is 24.8 Å². The van der Waals surface area contributed by atoms with Gasteiger partial charge in [-0.2, -0.15) is 0 Å². The van der Waals surface area contributed by atoms with Crippen molar-refractivity contribution in [3.8, 4) is 5.75 Å². The van der Waals surface area contributed by atoms with Gasteiger partial charge in [0.05, 0.1) is 20.1 Å². The van der Waals surface area contributed by atoms with Crippen LogP contribution in [-0.4, -0.2) is 33.3 Å². The van der Waals surface area contributed by atoms with E-state index < -0.39 is 0 Å². The zero-order valence-electron chi connectivity index (χ0n) is 15.3. The molecule has 1 aliphatic carbocycles. The average molecular weight is 357 g/mol. The van der Waals surface area contributed by atoms with Gasteiger partial charge in [0, 0.05) is 24.7 Å². The lowest BCUT2D eigenvalue weighted by Crippen LogP contribution is -2.36. The molecule has 3 rings (SSSR count). The van der Waals surface area contributed by atoms with Crippen LogP contribution < -0.4 is 9.64 Å². The van der Waals surface area contributed by atoms with E-state index in [-0.39, 0.29) is 29.7 Å². The van der Waals surface area contributed by atoms with Gasteiger partial charge in [-0.25, -0.2) is 4.39 Å². The number of hydrogen-bond acceptors (Lipinski definition) is 4. The van der Waals surface area contributed by atoms with Gasteiger partial charge in [0.1, 0.15) is 11.6 Å². The molecule has 0 bridgehead atoms. The molecule has 0 spiro atoms. The van der Waals surface area contributed by atoms with Crippen molar-refractivity contribution in [2.24, 2.45) is 5.92 Å². The number of carbonyl (C=O) groups excluding carboxylic acids is 1. The van der Waals surface area contributed by atoms with Gasteiger partial charge < -0.3 is 14.4 Å². The first-order valence-electron chi connectivity index (χ1n) is 8.75. The largest absolute Gasteiger partial charge is 0.497 e. The number of esters is 1. The molecule has 26 heavy (non-hydrogen) atoms. The summed E-state index contributed by atoms with van der Waals surface area (Å²) in [4.78, 5) is 14.5. The second-order valence-corrected chi connectivity index (χ2v) is 6.66. The van der Waals surface area contributed by atoms with Gasteiger partial charge in [0.15, 0.2) is 0 Å². The molecular formula is C21H24FNO3. The van der Waals surface area contributed by atoms with Gasteiger partial charge in [-0.15, -0.1) is 0 Å². The Morgan fingerprint density at radius 3 is 2.27 bits per heavy atom. The van der Waals surface area contributed by atoms with Crippen molar-refractivity contribution >= 4 is 11.7 Å². The summed E-state index contributed by atoms with van der Waals surface area (Å²) < 4.78 is 23.6. The van der Waals surface area contributed by atoms with Gasteiger partial charge in [0.2, 0.25) is 0 Å². The predicted molar refractivity (Wildman–Crippen MR) is 99.1 cm³/mol. The third-order valence-electron chi connectivity index (χ3n) is 5.36. The molecule has 138 valence electrons. The van der Waals surface area contributed by atoms with E-state index in [4.69, 9.17) is 9.47 Å². The van der Waals surface area contributed by atoms with Crippen LogP contribution in [0.15, 0.2) is 48.5 Å². The SMILES string of the molecule is COC(=O)[C@@H]1CC[C@H](N(C)c2ccc(OC)cc2)[C@H]1c1ccc(F)cc1. The molecule has 0 aliphatic heterocycles. The lowest BCUT2D eigenvalue weighted by Gasteiger charge is -2.33. The molecule has 0 aromatic heterocycles. The van der Waals surface area contributed by atoms with Crippen molar-refractivity contribution in [1.29, 1.82) is 0 Å². The van der Waals surface area contributed by atoms with Crippen molar-refractivity contribution in [1.82, 2.24) is 0 Å². The third-order valence-corrected chi connectivity index (χ3v) is 5.36. The van der Waals surface area contributed by atoms with E-state index in [0.717, 1.165) is 29.8 Å². The van der Waals surface area contributed by atoms with Crippen molar-refractivity contribution < 1.29 is 18.7 Å². The van der Waals surface area contributed by atoms with Crippen LogP contribution in [0.5, 0.6) is 5.75 Å². The molecule has 0 unspecified atom stereocenters. The van der Waals surface area contributed by atoms with Gasteiger partial charge in [-0.05, 0) is 54.8 Å². The number of methoxy groups -OCH3 is 2. The summed E-state index contributed by atoms with van der Waals surface area (Å²) in [6.45, 7) is 0. The van der Waals surface area contributed by atoms with Crippen LogP contribution >= 0.6 is 0 Å². The highest BCUT2D eigenvalue weighted by molar-refractivity contribution is 5.74. The fraction of sp³-hybridized carbons (Fsp3) is 0.381. The van der Waals surface area contributed by atoms with Crippen LogP contribution in [0.2, 0.25) is 0 Å². The van der Waals surface area contributed by atoms with E-state index in [0.29, 0.717) is 0 Å². The zero-order chi connectivity index (χ0) is 18.7. The minimum atomic E-state index is -0.276. The van der Waals surface area contributed by atoms with Gasteiger partial charge in [-0.1, -0.05) is 12.1 Å². The number of nitrogens with zero attached hydrogens (tertiary/aromatic N) is 1. The van der Waals surface area contributed by atoms with Gasteiger partial charge in [-0.3, -0.25) is 4.79 Å². The number of hydrogen-bond donors (Lipinski definition) is 0. The van der Waals surface area contributed by atoms with E-state index in [9.17, 15) is 9.18 Å². The highest BCUT2D eigenvalue weighted by Gasteiger charge is 2.43. The Hall–Kier alpha value is -2.56.